The molecular weight excluding hydrogens is 515 g/mol. The summed E-state index contributed by atoms with van der Waals surface area (Å²) in [6.45, 7) is 1.28. The van der Waals surface area contributed by atoms with E-state index < -0.39 is 5.91 Å². The average molecular weight is 533 g/mol. The summed E-state index contributed by atoms with van der Waals surface area (Å²) >= 11 is 13.8. The Bertz CT molecular complexity index is 1440. The number of nitrogens with zero attached hydrogens (tertiary/aromatic N) is 2. The van der Waals surface area contributed by atoms with Crippen LogP contribution in [0.1, 0.15) is 16.8 Å². The van der Waals surface area contributed by atoms with Gasteiger partial charge in [-0.15, -0.1) is 11.3 Å². The number of ether oxygens (including phenoxy) is 3. The van der Waals surface area contributed by atoms with E-state index in [4.69, 9.17) is 37.4 Å². The number of carbonyl (C=O) groups excluding carboxylic acids is 1. The Labute approximate surface area is 213 Å². The molecule has 2 N–H and O–H groups in total. The summed E-state index contributed by atoms with van der Waals surface area (Å²) in [7, 11) is 0. The molecular formula is C23H18Cl2N4O5S. The summed E-state index contributed by atoms with van der Waals surface area (Å²) in [5.41, 5.74) is 0.557. The van der Waals surface area contributed by atoms with Crippen LogP contribution in [0.4, 0.5) is 5.82 Å². The molecule has 1 amide bonds. The van der Waals surface area contributed by atoms with Crippen LogP contribution >= 0.6 is 34.5 Å². The van der Waals surface area contributed by atoms with E-state index in [2.05, 4.69) is 20.3 Å². The first kappa shape index (κ1) is 23.7. The predicted molar refractivity (Wildman–Crippen MR) is 134 cm³/mol. The summed E-state index contributed by atoms with van der Waals surface area (Å²) in [6, 6.07) is 8.12. The standard InChI is InChI=1S/C23H18Cl2N4O5S/c24-14-10-15-13(9-12(14)22(30)29-18-3-5-26-11-27-18)21(34-6-4-19-32-7-8-33-19)20(23(31)28-15)16-1-2-17(25)35-16/h1-3,5,9-11,19H,4,6-8H2,(H,28,31)(H,26,27,29,30). The fourth-order valence-corrected chi connectivity index (χ4v) is 4.99. The maximum Gasteiger partial charge on any atom is 0.260 e. The molecule has 0 saturated carbocycles. The average Bonchev–Trinajstić information content (AvgIpc) is 3.51. The number of halogens is 2. The van der Waals surface area contributed by atoms with Gasteiger partial charge in [-0.2, -0.15) is 0 Å². The largest absolute Gasteiger partial charge is 0.492 e. The summed E-state index contributed by atoms with van der Waals surface area (Å²) in [4.78, 5) is 37.4. The van der Waals surface area contributed by atoms with Crippen molar-refractivity contribution in [2.24, 2.45) is 0 Å². The van der Waals surface area contributed by atoms with Crippen molar-refractivity contribution in [2.75, 3.05) is 25.1 Å². The minimum Gasteiger partial charge on any atom is -0.492 e. The number of hydrogen-bond donors (Lipinski definition) is 2. The third-order valence-electron chi connectivity index (χ3n) is 5.23. The molecule has 0 bridgehead atoms. The van der Waals surface area contributed by atoms with Crippen LogP contribution in [0, 0.1) is 0 Å². The molecule has 0 spiro atoms. The zero-order valence-electron chi connectivity index (χ0n) is 18.0. The van der Waals surface area contributed by atoms with Gasteiger partial charge in [-0.25, -0.2) is 9.97 Å². The van der Waals surface area contributed by atoms with E-state index in [0.29, 0.717) is 56.9 Å². The number of fused-ring (bicyclic) bond motifs is 1. The number of anilines is 1. The highest BCUT2D eigenvalue weighted by Crippen LogP contribution is 2.39. The number of carbonyl (C=O) groups is 1. The highest BCUT2D eigenvalue weighted by Gasteiger charge is 2.22. The molecule has 0 radical (unpaired) electrons. The maximum absolute atomic E-state index is 13.1. The zero-order valence-corrected chi connectivity index (χ0v) is 20.4. The lowest BCUT2D eigenvalue weighted by atomic mass is 10.1. The zero-order chi connectivity index (χ0) is 24.4. The summed E-state index contributed by atoms with van der Waals surface area (Å²) in [5.74, 6) is 0.166. The van der Waals surface area contributed by atoms with Crippen molar-refractivity contribution in [3.8, 4) is 16.2 Å². The Balaban J connectivity index is 1.58. The number of pyridine rings is 1. The molecule has 0 atom stereocenters. The van der Waals surface area contributed by atoms with Crippen molar-refractivity contribution < 1.29 is 19.0 Å². The van der Waals surface area contributed by atoms with E-state index in [1.807, 2.05) is 0 Å². The second-order valence-corrected chi connectivity index (χ2v) is 9.62. The minimum absolute atomic E-state index is 0.158. The molecule has 0 unspecified atom stereocenters. The molecule has 3 aromatic heterocycles. The lowest BCUT2D eigenvalue weighted by Crippen LogP contribution is -2.17. The van der Waals surface area contributed by atoms with E-state index in [0.717, 1.165) is 0 Å². The molecule has 1 aliphatic rings. The smallest absolute Gasteiger partial charge is 0.260 e. The Morgan fingerprint density at radius 2 is 2.06 bits per heavy atom. The maximum atomic E-state index is 13.1. The summed E-state index contributed by atoms with van der Waals surface area (Å²) in [6.07, 6.45) is 2.93. The van der Waals surface area contributed by atoms with Crippen molar-refractivity contribution in [1.29, 1.82) is 0 Å². The van der Waals surface area contributed by atoms with Gasteiger partial charge in [0.15, 0.2) is 6.29 Å². The molecule has 1 saturated heterocycles. The molecule has 0 aliphatic carbocycles. The van der Waals surface area contributed by atoms with E-state index in [9.17, 15) is 9.59 Å². The van der Waals surface area contributed by atoms with Crippen molar-refractivity contribution in [2.45, 2.75) is 12.7 Å². The van der Waals surface area contributed by atoms with Gasteiger partial charge in [0.1, 0.15) is 17.9 Å². The Morgan fingerprint density at radius 3 is 2.77 bits per heavy atom. The number of aromatic amines is 1. The molecule has 180 valence electrons. The van der Waals surface area contributed by atoms with Gasteiger partial charge in [-0.1, -0.05) is 23.2 Å². The van der Waals surface area contributed by atoms with Crippen LogP contribution in [-0.2, 0) is 9.47 Å². The summed E-state index contributed by atoms with van der Waals surface area (Å²) < 4.78 is 17.6. The van der Waals surface area contributed by atoms with Crippen LogP contribution in [0.5, 0.6) is 5.75 Å². The molecule has 4 aromatic rings. The normalized spacial score (nSPS) is 13.9. The third-order valence-corrected chi connectivity index (χ3v) is 6.79. The van der Waals surface area contributed by atoms with E-state index in [-0.39, 0.29) is 29.0 Å². The first-order chi connectivity index (χ1) is 17.0. The molecule has 1 fully saturated rings. The second-order valence-electron chi connectivity index (χ2n) is 7.50. The molecule has 5 rings (SSSR count). The molecule has 1 aliphatic heterocycles. The Kier molecular flexibility index (Phi) is 6.98. The van der Waals surface area contributed by atoms with Crippen molar-refractivity contribution >= 4 is 57.2 Å². The fraction of sp³-hybridized carbons (Fsp3) is 0.217. The first-order valence-electron chi connectivity index (χ1n) is 10.6. The number of H-pyrrole nitrogens is 1. The highest BCUT2D eigenvalue weighted by atomic mass is 35.5. The molecule has 9 nitrogen and oxygen atoms in total. The number of hydrogen-bond acceptors (Lipinski definition) is 8. The van der Waals surface area contributed by atoms with Crippen LogP contribution in [-0.4, -0.2) is 47.0 Å². The van der Waals surface area contributed by atoms with Crippen LogP contribution in [0.2, 0.25) is 9.36 Å². The number of aromatic nitrogens is 3. The molecule has 12 heteroatoms. The minimum atomic E-state index is -0.471. The van der Waals surface area contributed by atoms with Gasteiger partial charge in [0.2, 0.25) is 0 Å². The SMILES string of the molecule is O=C(Nc1ccncn1)c1cc2c(OCCC3OCCO3)c(-c3ccc(Cl)s3)c(=O)[nH]c2cc1Cl. The van der Waals surface area contributed by atoms with Gasteiger partial charge in [-0.3, -0.25) is 9.59 Å². The first-order valence-corrected chi connectivity index (χ1v) is 12.2. The van der Waals surface area contributed by atoms with E-state index in [1.165, 1.54) is 29.9 Å². The van der Waals surface area contributed by atoms with Gasteiger partial charge in [0.25, 0.3) is 11.5 Å². The number of thiophene rings is 1. The van der Waals surface area contributed by atoms with Gasteiger partial charge >= 0.3 is 0 Å². The van der Waals surface area contributed by atoms with Gasteiger partial charge in [0, 0.05) is 22.9 Å². The quantitative estimate of drug-likeness (QED) is 0.352. The van der Waals surface area contributed by atoms with E-state index in [1.54, 1.807) is 24.3 Å². The van der Waals surface area contributed by atoms with Crippen LogP contribution < -0.4 is 15.6 Å². The van der Waals surface area contributed by atoms with Gasteiger partial charge in [-0.05, 0) is 30.3 Å². The fourth-order valence-electron chi connectivity index (χ4n) is 3.66. The number of benzene rings is 1. The topological polar surface area (TPSA) is 115 Å². The number of rotatable bonds is 7. The Hall–Kier alpha value is -3.02. The number of nitrogens with one attached hydrogen (secondary N) is 2. The van der Waals surface area contributed by atoms with Crippen molar-refractivity contribution in [3.63, 3.8) is 0 Å². The van der Waals surface area contributed by atoms with Crippen LogP contribution in [0.3, 0.4) is 0 Å². The van der Waals surface area contributed by atoms with Gasteiger partial charge < -0.3 is 24.5 Å². The van der Waals surface area contributed by atoms with Crippen molar-refractivity contribution in [1.82, 2.24) is 15.0 Å². The van der Waals surface area contributed by atoms with Crippen LogP contribution in [0.25, 0.3) is 21.3 Å². The predicted octanol–water partition coefficient (Wildman–Crippen LogP) is 4.75. The second kappa shape index (κ2) is 10.3. The summed E-state index contributed by atoms with van der Waals surface area (Å²) in [5, 5.41) is 3.36. The van der Waals surface area contributed by atoms with Crippen molar-refractivity contribution in [3.05, 3.63) is 68.1 Å². The Morgan fingerprint density at radius 1 is 1.23 bits per heavy atom. The third kappa shape index (κ3) is 5.16. The van der Waals surface area contributed by atoms with Crippen LogP contribution in [0.15, 0.2) is 47.7 Å². The highest BCUT2D eigenvalue weighted by molar-refractivity contribution is 7.19. The van der Waals surface area contributed by atoms with E-state index >= 15 is 0 Å². The molecule has 35 heavy (non-hydrogen) atoms. The lowest BCUT2D eigenvalue weighted by Gasteiger charge is -2.16. The van der Waals surface area contributed by atoms with Gasteiger partial charge in [0.05, 0.1) is 45.8 Å². The molecule has 4 heterocycles. The monoisotopic (exact) mass is 532 g/mol. The number of amides is 1. The molecule has 1 aromatic carbocycles. The lowest BCUT2D eigenvalue weighted by molar-refractivity contribution is -0.0530.